The Kier molecular flexibility index (Phi) is 2.66. The van der Waals surface area contributed by atoms with E-state index in [1.165, 1.54) is 11.3 Å². The van der Waals surface area contributed by atoms with Gasteiger partial charge in [0.25, 0.3) is 5.78 Å². The van der Waals surface area contributed by atoms with E-state index in [1.54, 1.807) is 6.07 Å². The maximum Gasteiger partial charge on any atom is 0.254 e. The maximum atomic E-state index is 11.5. The average Bonchev–Trinajstić information content (AvgIpc) is 2.70. The summed E-state index contributed by atoms with van der Waals surface area (Å²) in [4.78, 5) is 15.5. The van der Waals surface area contributed by atoms with Crippen LogP contribution in [-0.2, 0) is 0 Å². The Morgan fingerprint density at radius 2 is 2.20 bits per heavy atom. The van der Waals surface area contributed by atoms with E-state index < -0.39 is 11.0 Å². The lowest BCUT2D eigenvalue weighted by molar-refractivity contribution is 0.106. The smallest absolute Gasteiger partial charge is 0.254 e. The van der Waals surface area contributed by atoms with Crippen molar-refractivity contribution in [2.75, 3.05) is 0 Å². The fourth-order valence-corrected chi connectivity index (χ4v) is 2.16. The molecule has 0 radical (unpaired) electrons. The molecule has 1 aromatic carbocycles. The molecule has 2 rings (SSSR count). The number of hydrogen-bond acceptors (Lipinski definition) is 5. The van der Waals surface area contributed by atoms with Gasteiger partial charge in [-0.05, 0) is 12.1 Å². The lowest BCUT2D eigenvalue weighted by Crippen LogP contribution is -2.07. The first-order chi connectivity index (χ1) is 7.22. The van der Waals surface area contributed by atoms with Crippen molar-refractivity contribution in [1.29, 1.82) is 0 Å². The first kappa shape index (κ1) is 10.1. The van der Waals surface area contributed by atoms with Crippen LogP contribution in [0.1, 0.15) is 9.80 Å². The van der Waals surface area contributed by atoms with Crippen molar-refractivity contribution in [3.63, 3.8) is 0 Å². The highest BCUT2D eigenvalue weighted by molar-refractivity contribution is 7.21. The molecule has 2 aromatic rings. The minimum Gasteiger partial charge on any atom is -0.410 e. The second kappa shape index (κ2) is 3.96. The van der Waals surface area contributed by atoms with Crippen molar-refractivity contribution in [2.45, 2.75) is 0 Å². The highest BCUT2D eigenvalue weighted by atomic mass is 35.5. The van der Waals surface area contributed by atoms with E-state index in [-0.39, 0.29) is 5.01 Å². The van der Waals surface area contributed by atoms with Crippen LogP contribution in [0.15, 0.2) is 29.4 Å². The highest BCUT2D eigenvalue weighted by Gasteiger charge is 2.16. The zero-order valence-corrected chi connectivity index (χ0v) is 8.92. The van der Waals surface area contributed by atoms with Crippen LogP contribution in [0, 0.1) is 0 Å². The number of carbonyl (C=O) groups is 1. The molecule has 0 saturated carbocycles. The summed E-state index contributed by atoms with van der Waals surface area (Å²) in [6.07, 6.45) is 0. The van der Waals surface area contributed by atoms with Crippen molar-refractivity contribution in [1.82, 2.24) is 4.98 Å². The van der Waals surface area contributed by atoms with Crippen LogP contribution in [0.25, 0.3) is 10.2 Å². The maximum absolute atomic E-state index is 11.5. The van der Waals surface area contributed by atoms with Gasteiger partial charge < -0.3 is 5.21 Å². The quantitative estimate of drug-likeness (QED) is 0.380. The van der Waals surface area contributed by atoms with Crippen LogP contribution in [0.4, 0.5) is 0 Å². The molecule has 0 aliphatic heterocycles. The van der Waals surface area contributed by atoms with Gasteiger partial charge in [-0.2, -0.15) is 0 Å². The number of benzene rings is 1. The Morgan fingerprint density at radius 1 is 1.47 bits per heavy atom. The molecule has 0 amide bonds. The van der Waals surface area contributed by atoms with E-state index in [9.17, 15) is 4.79 Å². The van der Waals surface area contributed by atoms with E-state index in [0.29, 0.717) is 0 Å². The zero-order chi connectivity index (χ0) is 10.8. The SMILES string of the molecule is O=C(/C(Cl)=N/O)c1nc2ccccc2s1. The molecule has 0 saturated heterocycles. The summed E-state index contributed by atoms with van der Waals surface area (Å²) >= 11 is 6.61. The van der Waals surface area contributed by atoms with Gasteiger partial charge in [0.1, 0.15) is 0 Å². The molecule has 1 aromatic heterocycles. The summed E-state index contributed by atoms with van der Waals surface area (Å²) < 4.78 is 0.892. The molecule has 0 atom stereocenters. The number of para-hydroxylation sites is 1. The first-order valence-electron chi connectivity index (χ1n) is 4.00. The zero-order valence-electron chi connectivity index (χ0n) is 7.35. The number of Topliss-reactive ketones (excluding diaryl/α,β-unsaturated/α-hetero) is 1. The van der Waals surface area contributed by atoms with Crippen LogP contribution in [0.3, 0.4) is 0 Å². The normalized spacial score (nSPS) is 11.9. The van der Waals surface area contributed by atoms with Crippen LogP contribution in [0.5, 0.6) is 0 Å². The highest BCUT2D eigenvalue weighted by Crippen LogP contribution is 2.22. The van der Waals surface area contributed by atoms with Crippen molar-refractivity contribution in [3.05, 3.63) is 29.3 Å². The van der Waals surface area contributed by atoms with Crippen molar-refractivity contribution >= 4 is 44.1 Å². The van der Waals surface area contributed by atoms with Gasteiger partial charge >= 0.3 is 0 Å². The minimum absolute atomic E-state index is 0.221. The molecule has 1 heterocycles. The van der Waals surface area contributed by atoms with Crippen LogP contribution in [-0.4, -0.2) is 21.1 Å². The predicted octanol–water partition coefficient (Wildman–Crippen LogP) is 2.51. The number of carbonyl (C=O) groups excluding carboxylic acids is 1. The molecule has 0 spiro atoms. The Morgan fingerprint density at radius 3 is 2.87 bits per heavy atom. The number of ketones is 1. The molecular formula is C9H5ClN2O2S. The van der Waals surface area contributed by atoms with E-state index >= 15 is 0 Å². The number of fused-ring (bicyclic) bond motifs is 1. The largest absolute Gasteiger partial charge is 0.410 e. The monoisotopic (exact) mass is 240 g/mol. The average molecular weight is 241 g/mol. The minimum atomic E-state index is -0.569. The Labute approximate surface area is 93.8 Å². The number of halogens is 1. The lowest BCUT2D eigenvalue weighted by Gasteiger charge is -1.88. The van der Waals surface area contributed by atoms with E-state index in [2.05, 4.69) is 10.1 Å². The lowest BCUT2D eigenvalue weighted by atomic mass is 10.3. The molecule has 0 aliphatic carbocycles. The third kappa shape index (κ3) is 1.84. The van der Waals surface area contributed by atoms with E-state index in [0.717, 1.165) is 10.2 Å². The number of nitrogens with zero attached hydrogens (tertiary/aromatic N) is 2. The fraction of sp³-hybridized carbons (Fsp3) is 0. The second-order valence-corrected chi connectivity index (χ2v) is 4.10. The summed E-state index contributed by atoms with van der Waals surface area (Å²) in [5.74, 6) is -0.569. The van der Waals surface area contributed by atoms with Gasteiger partial charge in [0.2, 0.25) is 5.17 Å². The van der Waals surface area contributed by atoms with E-state index in [1.807, 2.05) is 18.2 Å². The molecule has 0 bridgehead atoms. The number of hydrogen-bond donors (Lipinski definition) is 1. The summed E-state index contributed by atoms with van der Waals surface area (Å²) in [5.41, 5.74) is 0.730. The van der Waals surface area contributed by atoms with Crippen LogP contribution < -0.4 is 0 Å². The van der Waals surface area contributed by atoms with Gasteiger partial charge in [-0.25, -0.2) is 4.98 Å². The molecular weight excluding hydrogens is 236 g/mol. The van der Waals surface area contributed by atoms with Gasteiger partial charge in [0.05, 0.1) is 10.2 Å². The Bertz CT molecular complexity index is 517. The third-order valence-corrected chi connectivity index (χ3v) is 3.05. The summed E-state index contributed by atoms with van der Waals surface area (Å²) in [6, 6.07) is 7.34. The summed E-state index contributed by atoms with van der Waals surface area (Å²) in [7, 11) is 0. The molecule has 4 nitrogen and oxygen atoms in total. The summed E-state index contributed by atoms with van der Waals surface area (Å²) in [6.45, 7) is 0. The van der Waals surface area contributed by atoms with E-state index in [4.69, 9.17) is 16.8 Å². The third-order valence-electron chi connectivity index (χ3n) is 1.76. The topological polar surface area (TPSA) is 62.5 Å². The first-order valence-corrected chi connectivity index (χ1v) is 5.19. The van der Waals surface area contributed by atoms with Gasteiger partial charge in [-0.15, -0.1) is 11.3 Å². The fourth-order valence-electron chi connectivity index (χ4n) is 1.10. The van der Waals surface area contributed by atoms with Crippen LogP contribution >= 0.6 is 22.9 Å². The molecule has 0 aliphatic rings. The molecule has 76 valence electrons. The van der Waals surface area contributed by atoms with Gasteiger partial charge in [0, 0.05) is 0 Å². The Hall–Kier alpha value is -1.46. The van der Waals surface area contributed by atoms with Gasteiger partial charge in [-0.1, -0.05) is 28.9 Å². The summed E-state index contributed by atoms with van der Waals surface area (Å²) in [5, 5.41) is 10.7. The van der Waals surface area contributed by atoms with Gasteiger partial charge in [0.15, 0.2) is 5.01 Å². The van der Waals surface area contributed by atoms with Gasteiger partial charge in [-0.3, -0.25) is 4.79 Å². The molecule has 6 heteroatoms. The molecule has 0 unspecified atom stereocenters. The molecule has 1 N–H and O–H groups in total. The predicted molar refractivity (Wildman–Crippen MR) is 59.0 cm³/mol. The van der Waals surface area contributed by atoms with Crippen molar-refractivity contribution in [3.8, 4) is 0 Å². The van der Waals surface area contributed by atoms with Crippen molar-refractivity contribution < 1.29 is 10.0 Å². The standard InChI is InChI=1S/C9H5ClN2O2S/c10-8(12-14)7(13)9-11-5-3-1-2-4-6(5)15-9/h1-4,14H/b12-8-. The number of oxime groups is 1. The second-order valence-electron chi connectivity index (χ2n) is 2.71. The number of rotatable bonds is 2. The Balaban J connectivity index is 2.50. The van der Waals surface area contributed by atoms with Crippen molar-refractivity contribution in [2.24, 2.45) is 5.16 Å². The van der Waals surface area contributed by atoms with Crippen LogP contribution in [0.2, 0.25) is 0 Å². The molecule has 0 fully saturated rings. The number of thiazole rings is 1. The number of aromatic nitrogens is 1. The molecule has 15 heavy (non-hydrogen) atoms.